The average molecular weight is 597 g/mol. The van der Waals surface area contributed by atoms with E-state index < -0.39 is 11.1 Å². The van der Waals surface area contributed by atoms with E-state index in [9.17, 15) is 19.8 Å². The Kier molecular flexibility index (Phi) is 8.26. The Labute approximate surface area is 239 Å². The van der Waals surface area contributed by atoms with Crippen molar-refractivity contribution in [3.05, 3.63) is 44.0 Å². The number of hydrogen-bond donors (Lipinski definition) is 6. The fourth-order valence-electron chi connectivity index (χ4n) is 4.60. The second kappa shape index (κ2) is 11.0. The fourth-order valence-corrected chi connectivity index (χ4v) is 7.01. The summed E-state index contributed by atoms with van der Waals surface area (Å²) in [6.45, 7) is 7.91. The minimum atomic E-state index is -0.762. The number of hydrazine groups is 1. The van der Waals surface area contributed by atoms with Gasteiger partial charge in [-0.15, -0.1) is 23.5 Å². The molecule has 4 rings (SSSR count). The van der Waals surface area contributed by atoms with Crippen LogP contribution in [-0.4, -0.2) is 54.2 Å². The largest absolute Gasteiger partial charge is 0.494 e. The molecular formula is C24H32N6O4S4. The molecule has 10 nitrogen and oxygen atoms in total. The Balaban J connectivity index is 1.30. The lowest BCUT2D eigenvalue weighted by Gasteiger charge is -2.31. The lowest BCUT2D eigenvalue weighted by molar-refractivity contribution is 0.283. The van der Waals surface area contributed by atoms with Gasteiger partial charge >= 0.3 is 0 Å². The molecule has 2 aromatic heterocycles. The van der Waals surface area contributed by atoms with Crippen LogP contribution in [0, 0.1) is 0 Å². The second-order valence-corrected chi connectivity index (χ2v) is 13.5. The Morgan fingerprint density at radius 2 is 1.18 bits per heavy atom. The van der Waals surface area contributed by atoms with E-state index in [1.54, 1.807) is 35.7 Å². The molecule has 0 amide bonds. The predicted octanol–water partition coefficient (Wildman–Crippen LogP) is 1.73. The number of fused-ring (bicyclic) bond motifs is 2. The summed E-state index contributed by atoms with van der Waals surface area (Å²) in [5, 5.41) is 28.1. The maximum absolute atomic E-state index is 12.7. The zero-order chi connectivity index (χ0) is 27.8. The van der Waals surface area contributed by atoms with Crippen molar-refractivity contribution in [1.29, 1.82) is 0 Å². The predicted molar refractivity (Wildman–Crippen MR) is 160 cm³/mol. The number of nitrogens with one attached hydrogen (secondary N) is 4. The van der Waals surface area contributed by atoms with Gasteiger partial charge in [0, 0.05) is 57.6 Å². The Morgan fingerprint density at radius 1 is 0.816 bits per heavy atom. The maximum atomic E-state index is 12.7. The summed E-state index contributed by atoms with van der Waals surface area (Å²) in [7, 11) is 0. The van der Waals surface area contributed by atoms with E-state index in [1.807, 2.05) is 27.7 Å². The number of pyridine rings is 2. The lowest BCUT2D eigenvalue weighted by Crippen LogP contribution is -2.55. The molecule has 0 spiro atoms. The van der Waals surface area contributed by atoms with Gasteiger partial charge in [-0.2, -0.15) is 0 Å². The monoisotopic (exact) mass is 596 g/mol. The summed E-state index contributed by atoms with van der Waals surface area (Å²) in [6, 6.07) is 3.15. The van der Waals surface area contributed by atoms with Gasteiger partial charge in [0.15, 0.2) is 22.0 Å². The van der Waals surface area contributed by atoms with E-state index in [1.165, 1.54) is 9.13 Å². The summed E-state index contributed by atoms with van der Waals surface area (Å²) < 4.78 is 2.79. The molecule has 2 aromatic rings. The van der Waals surface area contributed by atoms with E-state index >= 15 is 0 Å². The first-order valence-electron chi connectivity index (χ1n) is 12.1. The first kappa shape index (κ1) is 28.6. The van der Waals surface area contributed by atoms with Crippen molar-refractivity contribution in [3.63, 3.8) is 0 Å². The lowest BCUT2D eigenvalue weighted by atomic mass is 10.0. The first-order valence-corrected chi connectivity index (χ1v) is 14.9. The van der Waals surface area contributed by atoms with Gasteiger partial charge in [0.25, 0.3) is 11.1 Å². The van der Waals surface area contributed by atoms with Crippen LogP contribution >= 0.6 is 48.0 Å². The van der Waals surface area contributed by atoms with E-state index in [4.69, 9.17) is 24.4 Å². The van der Waals surface area contributed by atoms with Crippen molar-refractivity contribution in [2.24, 2.45) is 0 Å². The summed E-state index contributed by atoms with van der Waals surface area (Å²) in [5.41, 5.74) is 5.16. The van der Waals surface area contributed by atoms with Gasteiger partial charge in [0.1, 0.15) is 0 Å². The molecular weight excluding hydrogens is 565 g/mol. The number of aromatic nitrogens is 2. The van der Waals surface area contributed by atoms with E-state index in [0.29, 0.717) is 0 Å². The molecule has 0 saturated carbocycles. The molecule has 206 valence electrons. The van der Waals surface area contributed by atoms with Crippen molar-refractivity contribution < 1.29 is 10.2 Å². The van der Waals surface area contributed by atoms with Crippen LogP contribution in [0.3, 0.4) is 0 Å². The normalized spacial score (nSPS) is 14.5. The van der Waals surface area contributed by atoms with Crippen molar-refractivity contribution in [1.82, 2.24) is 30.6 Å². The van der Waals surface area contributed by atoms with Crippen LogP contribution in [0.2, 0.25) is 0 Å². The molecule has 0 aliphatic carbocycles. The minimum Gasteiger partial charge on any atom is -0.494 e. The number of rotatable bonds is 6. The first-order chi connectivity index (χ1) is 17.8. The topological polar surface area (TPSA) is 133 Å². The minimum absolute atomic E-state index is 0.00145. The van der Waals surface area contributed by atoms with Gasteiger partial charge in [-0.25, -0.2) is 0 Å². The van der Waals surface area contributed by atoms with Gasteiger partial charge < -0.3 is 20.8 Å². The third kappa shape index (κ3) is 5.77. The molecule has 2 aliphatic rings. The number of thiocarbonyl (C=S) groups is 2. The average Bonchev–Trinajstić information content (AvgIpc) is 3.49. The highest BCUT2D eigenvalue weighted by Gasteiger charge is 2.30. The summed E-state index contributed by atoms with van der Waals surface area (Å²) in [6.07, 6.45) is 1.45. The molecule has 0 fully saturated rings. The van der Waals surface area contributed by atoms with Crippen LogP contribution in [-0.2, 0) is 23.9 Å². The number of nitrogens with zero attached hydrogens (tertiary/aromatic N) is 2. The quantitative estimate of drug-likeness (QED) is 0.214. The number of hydrogen-bond acceptors (Lipinski definition) is 8. The summed E-state index contributed by atoms with van der Waals surface area (Å²) in [4.78, 5) is 27.1. The van der Waals surface area contributed by atoms with E-state index in [-0.39, 0.29) is 46.2 Å². The van der Waals surface area contributed by atoms with Crippen molar-refractivity contribution >= 4 is 58.2 Å². The van der Waals surface area contributed by atoms with E-state index in [0.717, 1.165) is 45.3 Å². The zero-order valence-corrected chi connectivity index (χ0v) is 24.9. The standard InChI is InChI=1S/C24H32N6O4S4/c1-23(2,29-17(31)9-15-13(19(29)33)5-7-37-15)11-25-21(35)27-28-22(36)26-12-24(3,4)30-18(32)10-16-14(20(30)34)6-8-38-16/h9-10,33-34H,5-8,11-12H2,1-4H3,(H2,25,27,35)(H2,26,28,36). The van der Waals surface area contributed by atoms with Crippen molar-refractivity contribution in [2.75, 3.05) is 24.6 Å². The Morgan fingerprint density at radius 3 is 1.55 bits per heavy atom. The molecule has 0 atom stereocenters. The maximum Gasteiger partial charge on any atom is 0.255 e. The van der Waals surface area contributed by atoms with Crippen LogP contribution in [0.5, 0.6) is 11.8 Å². The highest BCUT2D eigenvalue weighted by atomic mass is 32.2. The van der Waals surface area contributed by atoms with Gasteiger partial charge in [0.05, 0.1) is 11.1 Å². The van der Waals surface area contributed by atoms with Crippen LogP contribution in [0.15, 0.2) is 31.5 Å². The highest BCUT2D eigenvalue weighted by molar-refractivity contribution is 7.99. The fraction of sp³-hybridized carbons (Fsp3) is 0.500. The molecule has 0 aromatic carbocycles. The third-order valence-corrected chi connectivity index (χ3v) is 9.25. The Hall–Kier alpha value is -2.42. The van der Waals surface area contributed by atoms with Crippen molar-refractivity contribution in [2.45, 2.75) is 61.4 Å². The van der Waals surface area contributed by atoms with Crippen molar-refractivity contribution in [3.8, 4) is 11.8 Å². The SMILES string of the molecule is CC(C)(CNC(=S)NNC(=S)NCC(C)(C)n1c(O)c2c(cc1=O)SCC2)n1c(O)c2c(cc1=O)SCC2. The van der Waals surface area contributed by atoms with Crippen LogP contribution in [0.25, 0.3) is 0 Å². The van der Waals surface area contributed by atoms with E-state index in [2.05, 4.69) is 21.5 Å². The summed E-state index contributed by atoms with van der Waals surface area (Å²) in [5.74, 6) is 1.70. The second-order valence-electron chi connectivity index (χ2n) is 10.4. The van der Waals surface area contributed by atoms with Gasteiger partial charge in [0.2, 0.25) is 0 Å². The van der Waals surface area contributed by atoms with Gasteiger partial charge in [-0.1, -0.05) is 0 Å². The van der Waals surface area contributed by atoms with Gasteiger partial charge in [-0.05, 0) is 65.0 Å². The zero-order valence-electron chi connectivity index (χ0n) is 21.6. The molecule has 6 N–H and O–H groups in total. The molecule has 0 radical (unpaired) electrons. The van der Waals surface area contributed by atoms with Crippen LogP contribution < -0.4 is 32.6 Å². The number of aromatic hydroxyl groups is 2. The van der Waals surface area contributed by atoms with Gasteiger partial charge in [-0.3, -0.25) is 29.6 Å². The summed E-state index contributed by atoms with van der Waals surface area (Å²) >= 11 is 13.8. The smallest absolute Gasteiger partial charge is 0.255 e. The van der Waals surface area contributed by atoms with Crippen LogP contribution in [0.1, 0.15) is 38.8 Å². The number of thioether (sulfide) groups is 2. The molecule has 2 aliphatic heterocycles. The Bertz CT molecular complexity index is 1300. The molecule has 38 heavy (non-hydrogen) atoms. The highest BCUT2D eigenvalue weighted by Crippen LogP contribution is 2.38. The van der Waals surface area contributed by atoms with Crippen LogP contribution in [0.4, 0.5) is 0 Å². The molecule has 0 saturated heterocycles. The molecule has 0 bridgehead atoms. The third-order valence-electron chi connectivity index (χ3n) is 6.59. The molecule has 4 heterocycles. The molecule has 0 unspecified atom stereocenters. The molecule has 14 heteroatoms.